The highest BCUT2D eigenvalue weighted by molar-refractivity contribution is 6.35. The van der Waals surface area contributed by atoms with E-state index in [9.17, 15) is 9.59 Å². The Labute approximate surface area is 228 Å². The van der Waals surface area contributed by atoms with Crippen LogP contribution in [0, 0.1) is 5.41 Å². The molecule has 198 valence electrons. The molecule has 0 saturated carbocycles. The molecule has 2 aromatic carbocycles. The summed E-state index contributed by atoms with van der Waals surface area (Å²) in [5.74, 6) is -0.369. The molecule has 1 heterocycles. The lowest BCUT2D eigenvalue weighted by Gasteiger charge is -2.25. The van der Waals surface area contributed by atoms with Gasteiger partial charge in [0.25, 0.3) is 0 Å². The van der Waals surface area contributed by atoms with E-state index in [2.05, 4.69) is 5.32 Å². The molecule has 0 aliphatic heterocycles. The van der Waals surface area contributed by atoms with Gasteiger partial charge in [-0.15, -0.1) is 0 Å². The van der Waals surface area contributed by atoms with Gasteiger partial charge in [-0.2, -0.15) is 0 Å². The molecule has 38 heavy (non-hydrogen) atoms. The van der Waals surface area contributed by atoms with Crippen molar-refractivity contribution >= 4 is 57.8 Å². The first kappa shape index (κ1) is 27.1. The Morgan fingerprint density at radius 1 is 0.921 bits per heavy atom. The van der Waals surface area contributed by atoms with Crippen molar-refractivity contribution in [3.8, 4) is 11.5 Å². The van der Waals surface area contributed by atoms with Crippen LogP contribution in [-0.4, -0.2) is 46.1 Å². The van der Waals surface area contributed by atoms with Crippen molar-refractivity contribution in [1.82, 2.24) is 0 Å². The summed E-state index contributed by atoms with van der Waals surface area (Å²) in [6.07, 6.45) is 1.34. The van der Waals surface area contributed by atoms with Gasteiger partial charge in [0.1, 0.15) is 17.3 Å². The Bertz CT molecular complexity index is 1420. The van der Waals surface area contributed by atoms with Gasteiger partial charge in [-0.25, -0.2) is 4.99 Å². The zero-order chi connectivity index (χ0) is 27.4. The fourth-order valence-electron chi connectivity index (χ4n) is 4.25. The Kier molecular flexibility index (Phi) is 7.99. The lowest BCUT2D eigenvalue weighted by atomic mass is 9.82. The van der Waals surface area contributed by atoms with Gasteiger partial charge in [-0.1, -0.05) is 23.2 Å². The van der Waals surface area contributed by atoms with Crippen LogP contribution in [0.5, 0.6) is 11.5 Å². The predicted molar refractivity (Wildman–Crippen MR) is 143 cm³/mol. The van der Waals surface area contributed by atoms with Crippen molar-refractivity contribution in [2.45, 2.75) is 6.42 Å². The standard InChI is InChI=1S/C27H24Cl2N2O7/c1-34-21-9-7-15(12-18(21)28)30-23-17(20-6-5-11-38-20)14-27(25(32)36-3,26(33)37-4)24(23)31-16-8-10-22(35-2)19(29)13-16/h5-13,30H,14H2,1-4H3. The predicted octanol–water partition coefficient (Wildman–Crippen LogP) is 5.94. The van der Waals surface area contributed by atoms with E-state index in [0.29, 0.717) is 49.9 Å². The smallest absolute Gasteiger partial charge is 0.329 e. The van der Waals surface area contributed by atoms with Crippen molar-refractivity contribution in [3.05, 3.63) is 76.3 Å². The number of halogens is 2. The number of nitrogens with zero attached hydrogens (tertiary/aromatic N) is 1. The maximum Gasteiger partial charge on any atom is 0.329 e. The average Bonchev–Trinajstić information content (AvgIpc) is 3.56. The van der Waals surface area contributed by atoms with Crippen molar-refractivity contribution in [3.63, 3.8) is 0 Å². The molecular weight excluding hydrogens is 535 g/mol. The molecule has 1 aliphatic carbocycles. The monoisotopic (exact) mass is 558 g/mol. The van der Waals surface area contributed by atoms with Crippen molar-refractivity contribution in [2.24, 2.45) is 10.4 Å². The Morgan fingerprint density at radius 2 is 1.55 bits per heavy atom. The summed E-state index contributed by atoms with van der Waals surface area (Å²) in [4.78, 5) is 31.5. The number of carbonyl (C=O) groups excluding carboxylic acids is 2. The molecule has 0 radical (unpaired) electrons. The number of carbonyl (C=O) groups is 2. The first-order chi connectivity index (χ1) is 18.3. The molecule has 0 bridgehead atoms. The molecule has 1 aromatic heterocycles. The summed E-state index contributed by atoms with van der Waals surface area (Å²) >= 11 is 12.7. The van der Waals surface area contributed by atoms with E-state index in [1.165, 1.54) is 34.7 Å². The molecule has 3 aromatic rings. The van der Waals surface area contributed by atoms with Crippen LogP contribution < -0.4 is 14.8 Å². The van der Waals surface area contributed by atoms with Crippen LogP contribution in [0.25, 0.3) is 5.57 Å². The maximum absolute atomic E-state index is 13.4. The van der Waals surface area contributed by atoms with Gasteiger partial charge in [0, 0.05) is 17.7 Å². The summed E-state index contributed by atoms with van der Waals surface area (Å²) in [5, 5.41) is 3.91. The molecule has 0 saturated heterocycles. The van der Waals surface area contributed by atoms with E-state index in [1.807, 2.05) is 0 Å². The minimum atomic E-state index is -1.95. The highest BCUT2D eigenvalue weighted by atomic mass is 35.5. The number of hydrogen-bond donors (Lipinski definition) is 1. The van der Waals surface area contributed by atoms with Crippen LogP contribution in [0.1, 0.15) is 12.2 Å². The minimum Gasteiger partial charge on any atom is -0.495 e. The molecule has 4 rings (SSSR count). The second-order valence-electron chi connectivity index (χ2n) is 8.15. The van der Waals surface area contributed by atoms with Crippen LogP contribution >= 0.6 is 23.2 Å². The van der Waals surface area contributed by atoms with Crippen LogP contribution in [0.2, 0.25) is 10.0 Å². The number of rotatable bonds is 8. The molecular formula is C27H24Cl2N2O7. The minimum absolute atomic E-state index is 0.0516. The van der Waals surface area contributed by atoms with E-state index in [0.717, 1.165) is 0 Å². The SMILES string of the molecule is COC(=O)C1(C(=O)OC)CC(c2ccco2)=C(Nc2ccc(OC)c(Cl)c2)C1=Nc1ccc(OC)c(Cl)c1. The first-order valence-corrected chi connectivity index (χ1v) is 12.0. The Balaban J connectivity index is 1.99. The molecule has 9 nitrogen and oxygen atoms in total. The van der Waals surface area contributed by atoms with Crippen LogP contribution in [0.3, 0.4) is 0 Å². The zero-order valence-corrected chi connectivity index (χ0v) is 22.5. The maximum atomic E-state index is 13.4. The van der Waals surface area contributed by atoms with Crippen LogP contribution in [0.4, 0.5) is 11.4 Å². The van der Waals surface area contributed by atoms with E-state index in [1.54, 1.807) is 48.5 Å². The van der Waals surface area contributed by atoms with Gasteiger partial charge in [0.2, 0.25) is 5.41 Å². The van der Waals surface area contributed by atoms with Crippen LogP contribution in [0.15, 0.2) is 69.9 Å². The number of hydrogen-bond acceptors (Lipinski definition) is 9. The van der Waals surface area contributed by atoms with Crippen molar-refractivity contribution in [1.29, 1.82) is 0 Å². The second-order valence-corrected chi connectivity index (χ2v) is 8.96. The fraction of sp³-hybridized carbons (Fsp3) is 0.222. The number of allylic oxidation sites excluding steroid dienone is 2. The number of methoxy groups -OCH3 is 4. The normalized spacial score (nSPS) is 15.4. The number of esters is 2. The lowest BCUT2D eigenvalue weighted by molar-refractivity contribution is -0.162. The summed E-state index contributed by atoms with van der Waals surface area (Å²) < 4.78 is 26.4. The topological polar surface area (TPSA) is 109 Å². The Morgan fingerprint density at radius 3 is 2.08 bits per heavy atom. The number of anilines is 1. The molecule has 0 atom stereocenters. The number of furan rings is 1. The number of ether oxygens (including phenoxy) is 4. The van der Waals surface area contributed by atoms with E-state index < -0.39 is 17.4 Å². The molecule has 11 heteroatoms. The number of nitrogens with one attached hydrogen (secondary N) is 1. The van der Waals surface area contributed by atoms with Gasteiger partial charge in [0.05, 0.1) is 61.8 Å². The average molecular weight is 559 g/mol. The second kappa shape index (κ2) is 11.2. The highest BCUT2D eigenvalue weighted by Gasteiger charge is 2.59. The summed E-state index contributed by atoms with van der Waals surface area (Å²) in [6.45, 7) is 0. The van der Waals surface area contributed by atoms with Crippen LogP contribution in [-0.2, 0) is 19.1 Å². The summed E-state index contributed by atoms with van der Waals surface area (Å²) in [6, 6.07) is 13.3. The van der Waals surface area contributed by atoms with Crippen molar-refractivity contribution < 1.29 is 33.0 Å². The largest absolute Gasteiger partial charge is 0.495 e. The summed E-state index contributed by atoms with van der Waals surface area (Å²) in [7, 11) is 5.38. The van der Waals surface area contributed by atoms with Gasteiger partial charge < -0.3 is 28.7 Å². The summed E-state index contributed by atoms with van der Waals surface area (Å²) in [5.41, 5.74) is -0.163. The highest BCUT2D eigenvalue weighted by Crippen LogP contribution is 2.48. The zero-order valence-electron chi connectivity index (χ0n) is 21.0. The third-order valence-corrected chi connectivity index (χ3v) is 6.66. The quantitative estimate of drug-likeness (QED) is 0.267. The number of aliphatic imine (C=N–C) groups is 1. The van der Waals surface area contributed by atoms with E-state index in [4.69, 9.17) is 51.6 Å². The Hall–Kier alpha value is -3.95. The van der Waals surface area contributed by atoms with Gasteiger partial charge in [-0.3, -0.25) is 9.59 Å². The van der Waals surface area contributed by atoms with Gasteiger partial charge in [-0.05, 0) is 48.5 Å². The fourth-order valence-corrected chi connectivity index (χ4v) is 4.76. The van der Waals surface area contributed by atoms with E-state index in [-0.39, 0.29) is 12.1 Å². The molecule has 0 unspecified atom stereocenters. The van der Waals surface area contributed by atoms with Crippen molar-refractivity contribution in [2.75, 3.05) is 33.8 Å². The molecule has 1 N–H and O–H groups in total. The molecule has 0 amide bonds. The molecule has 0 spiro atoms. The van der Waals surface area contributed by atoms with Gasteiger partial charge >= 0.3 is 11.9 Å². The first-order valence-electron chi connectivity index (χ1n) is 11.3. The molecule has 1 aliphatic rings. The third-order valence-electron chi connectivity index (χ3n) is 6.07. The van der Waals surface area contributed by atoms with E-state index >= 15 is 0 Å². The third kappa shape index (κ3) is 4.82. The van der Waals surface area contributed by atoms with Gasteiger partial charge in [0.15, 0.2) is 0 Å². The number of benzene rings is 2. The molecule has 0 fully saturated rings. The lowest BCUT2D eigenvalue weighted by Crippen LogP contribution is -2.46.